The van der Waals surface area contributed by atoms with Crippen molar-refractivity contribution >= 4 is 27.5 Å². The Morgan fingerprint density at radius 1 is 1.07 bits per heavy atom. The van der Waals surface area contributed by atoms with Gasteiger partial charge in [-0.25, -0.2) is 8.42 Å². The first-order valence-corrected chi connectivity index (χ1v) is 10.2. The summed E-state index contributed by atoms with van der Waals surface area (Å²) in [7, 11) is -2.07. The van der Waals surface area contributed by atoms with Crippen LogP contribution in [0.2, 0.25) is 0 Å². The minimum atomic E-state index is -3.62. The summed E-state index contributed by atoms with van der Waals surface area (Å²) in [6.07, 6.45) is 0. The van der Waals surface area contributed by atoms with Gasteiger partial charge in [-0.2, -0.15) is 0 Å². The zero-order chi connectivity index (χ0) is 21.1. The molecule has 0 bridgehead atoms. The fraction of sp³-hybridized carbons (Fsp3) is 0.263. The van der Waals surface area contributed by atoms with E-state index in [1.165, 1.54) is 19.1 Å². The van der Waals surface area contributed by atoms with E-state index in [-0.39, 0.29) is 22.6 Å². The number of primary amides is 2. The highest BCUT2D eigenvalue weighted by atomic mass is 32.2. The number of nitrogens with one attached hydrogen (secondary N) is 1. The topological polar surface area (TPSA) is 142 Å². The number of amides is 2. The minimum absolute atomic E-state index is 0.0217. The van der Waals surface area contributed by atoms with Crippen molar-refractivity contribution in [3.63, 3.8) is 0 Å². The van der Waals surface area contributed by atoms with Gasteiger partial charge >= 0.3 is 0 Å². The van der Waals surface area contributed by atoms with Crippen molar-refractivity contribution < 1.29 is 22.7 Å². The quantitative estimate of drug-likeness (QED) is 0.614. The summed E-state index contributed by atoms with van der Waals surface area (Å²) >= 11 is 0. The molecule has 9 heteroatoms. The molecule has 8 nitrogen and oxygen atoms in total. The van der Waals surface area contributed by atoms with Crippen molar-refractivity contribution in [1.82, 2.24) is 0 Å². The van der Waals surface area contributed by atoms with Gasteiger partial charge in [-0.3, -0.25) is 14.3 Å². The van der Waals surface area contributed by atoms with Gasteiger partial charge in [0.15, 0.2) is 0 Å². The van der Waals surface area contributed by atoms with Gasteiger partial charge in [-0.05, 0) is 42.3 Å². The second-order valence-corrected chi connectivity index (χ2v) is 8.22. The number of carbonyl (C=O) groups excluding carboxylic acids is 2. The Morgan fingerprint density at radius 2 is 1.57 bits per heavy atom. The van der Waals surface area contributed by atoms with Gasteiger partial charge in [-0.15, -0.1) is 0 Å². The first-order valence-electron chi connectivity index (χ1n) is 8.51. The fourth-order valence-corrected chi connectivity index (χ4v) is 3.52. The SMILES string of the molecule is CCS(=O)(=O)Nc1cc(C(N)=O)c([C@H](C)c2ccc(OC)cc2)c(C(N)=O)c1. The van der Waals surface area contributed by atoms with Crippen LogP contribution >= 0.6 is 0 Å². The predicted octanol–water partition coefficient (Wildman–Crippen LogP) is 1.81. The monoisotopic (exact) mass is 405 g/mol. The smallest absolute Gasteiger partial charge is 0.249 e. The molecule has 0 aliphatic carbocycles. The number of benzene rings is 2. The average Bonchev–Trinajstić information content (AvgIpc) is 2.66. The second-order valence-electron chi connectivity index (χ2n) is 6.21. The van der Waals surface area contributed by atoms with Crippen molar-refractivity contribution in [2.24, 2.45) is 11.5 Å². The molecule has 0 aliphatic rings. The lowest BCUT2D eigenvalue weighted by Gasteiger charge is -2.20. The van der Waals surface area contributed by atoms with E-state index < -0.39 is 27.8 Å². The van der Waals surface area contributed by atoms with Crippen molar-refractivity contribution in [2.45, 2.75) is 19.8 Å². The van der Waals surface area contributed by atoms with Crippen molar-refractivity contribution in [3.05, 3.63) is 58.7 Å². The first kappa shape index (κ1) is 21.2. The highest BCUT2D eigenvalue weighted by Crippen LogP contribution is 2.33. The van der Waals surface area contributed by atoms with Crippen LogP contribution in [0.15, 0.2) is 36.4 Å². The number of hydrogen-bond acceptors (Lipinski definition) is 5. The highest BCUT2D eigenvalue weighted by Gasteiger charge is 2.24. The molecule has 0 saturated carbocycles. The van der Waals surface area contributed by atoms with Gasteiger partial charge in [0.2, 0.25) is 21.8 Å². The van der Waals surface area contributed by atoms with Gasteiger partial charge < -0.3 is 16.2 Å². The van der Waals surface area contributed by atoms with Crippen LogP contribution in [0, 0.1) is 0 Å². The van der Waals surface area contributed by atoms with E-state index in [0.717, 1.165) is 5.56 Å². The van der Waals surface area contributed by atoms with Crippen molar-refractivity contribution in [3.8, 4) is 5.75 Å². The van der Waals surface area contributed by atoms with E-state index in [4.69, 9.17) is 16.2 Å². The summed E-state index contributed by atoms with van der Waals surface area (Å²) in [6.45, 7) is 3.26. The Bertz CT molecular complexity index is 966. The summed E-state index contributed by atoms with van der Waals surface area (Å²) in [4.78, 5) is 24.2. The highest BCUT2D eigenvalue weighted by molar-refractivity contribution is 7.92. The maximum Gasteiger partial charge on any atom is 0.249 e. The number of methoxy groups -OCH3 is 1. The van der Waals surface area contributed by atoms with Crippen LogP contribution in [0.3, 0.4) is 0 Å². The first-order chi connectivity index (χ1) is 13.1. The molecule has 5 N–H and O–H groups in total. The number of carbonyl (C=O) groups is 2. The number of rotatable bonds is 8. The van der Waals surface area contributed by atoms with E-state index in [9.17, 15) is 18.0 Å². The van der Waals surface area contributed by atoms with Gasteiger partial charge in [-0.1, -0.05) is 19.1 Å². The number of nitrogens with two attached hydrogens (primary N) is 2. The van der Waals surface area contributed by atoms with Gasteiger partial charge in [0, 0.05) is 17.0 Å². The molecule has 0 spiro atoms. The van der Waals surface area contributed by atoms with Crippen LogP contribution in [0.5, 0.6) is 5.75 Å². The molecule has 2 rings (SSSR count). The molecule has 2 amide bonds. The lowest BCUT2D eigenvalue weighted by Crippen LogP contribution is -2.23. The van der Waals surface area contributed by atoms with Crippen LogP contribution in [-0.2, 0) is 10.0 Å². The lowest BCUT2D eigenvalue weighted by atomic mass is 9.85. The average molecular weight is 405 g/mol. The molecule has 0 unspecified atom stereocenters. The van der Waals surface area contributed by atoms with Crippen LogP contribution in [0.25, 0.3) is 0 Å². The molecule has 0 aliphatic heterocycles. The molecular weight excluding hydrogens is 382 g/mol. The molecule has 2 aromatic rings. The predicted molar refractivity (Wildman–Crippen MR) is 107 cm³/mol. The van der Waals surface area contributed by atoms with E-state index >= 15 is 0 Å². The van der Waals surface area contributed by atoms with Crippen molar-refractivity contribution in [2.75, 3.05) is 17.6 Å². The van der Waals surface area contributed by atoms with E-state index in [1.807, 2.05) is 0 Å². The van der Waals surface area contributed by atoms with E-state index in [1.54, 1.807) is 38.3 Å². The molecule has 0 aromatic heterocycles. The number of anilines is 1. The third kappa shape index (κ3) is 4.61. The fourth-order valence-electron chi connectivity index (χ4n) is 2.90. The normalized spacial score (nSPS) is 12.2. The lowest BCUT2D eigenvalue weighted by molar-refractivity contribution is 0.0999. The Labute approximate surface area is 163 Å². The molecule has 0 saturated heterocycles. The maximum absolute atomic E-state index is 12.1. The summed E-state index contributed by atoms with van der Waals surface area (Å²) < 4.78 is 31.2. The number of sulfonamides is 1. The second kappa shape index (κ2) is 8.30. The van der Waals surface area contributed by atoms with Crippen LogP contribution < -0.4 is 20.9 Å². The largest absolute Gasteiger partial charge is 0.497 e. The number of hydrogen-bond donors (Lipinski definition) is 3. The molecule has 28 heavy (non-hydrogen) atoms. The zero-order valence-corrected chi connectivity index (χ0v) is 16.7. The Morgan fingerprint density at radius 3 is 1.96 bits per heavy atom. The van der Waals surface area contributed by atoms with E-state index in [2.05, 4.69) is 4.72 Å². The summed E-state index contributed by atoms with van der Waals surface area (Å²) in [5.41, 5.74) is 12.3. The molecule has 0 radical (unpaired) electrons. The Hall–Kier alpha value is -3.07. The van der Waals surface area contributed by atoms with Crippen LogP contribution in [0.4, 0.5) is 5.69 Å². The molecule has 0 fully saturated rings. The third-order valence-electron chi connectivity index (χ3n) is 4.41. The Kier molecular flexibility index (Phi) is 6.30. The minimum Gasteiger partial charge on any atom is -0.497 e. The summed E-state index contributed by atoms with van der Waals surface area (Å²) in [6, 6.07) is 9.74. The van der Waals surface area contributed by atoms with Crippen LogP contribution in [0.1, 0.15) is 51.6 Å². The van der Waals surface area contributed by atoms with Gasteiger partial charge in [0.25, 0.3) is 0 Å². The molecule has 150 valence electrons. The third-order valence-corrected chi connectivity index (χ3v) is 5.72. The Balaban J connectivity index is 2.66. The van der Waals surface area contributed by atoms with Crippen molar-refractivity contribution in [1.29, 1.82) is 0 Å². The molecule has 0 heterocycles. The molecular formula is C19H23N3O5S. The summed E-state index contributed by atoms with van der Waals surface area (Å²) in [5, 5.41) is 0. The standard InChI is InChI=1S/C19H23N3O5S/c1-4-28(25,26)22-13-9-15(18(20)23)17(16(10-13)19(21)24)11(2)12-5-7-14(27-3)8-6-12/h5-11,22H,4H2,1-3H3,(H2,20,23)(H2,21,24)/t11-/m1/s1. The summed E-state index contributed by atoms with van der Waals surface area (Å²) in [5.74, 6) is -1.52. The molecule has 1 atom stereocenters. The van der Waals surface area contributed by atoms with Gasteiger partial charge in [0.05, 0.1) is 18.6 Å². The number of ether oxygens (including phenoxy) is 1. The van der Waals surface area contributed by atoms with E-state index in [0.29, 0.717) is 11.3 Å². The zero-order valence-electron chi connectivity index (χ0n) is 15.9. The maximum atomic E-state index is 12.1. The van der Waals surface area contributed by atoms with Crippen LogP contribution in [-0.4, -0.2) is 33.1 Å². The molecule has 2 aromatic carbocycles. The van der Waals surface area contributed by atoms with Gasteiger partial charge in [0.1, 0.15) is 5.75 Å².